The highest BCUT2D eigenvalue weighted by Crippen LogP contribution is 2.73. The molecule has 0 amide bonds. The van der Waals surface area contributed by atoms with Crippen molar-refractivity contribution in [3.63, 3.8) is 0 Å². The van der Waals surface area contributed by atoms with Crippen molar-refractivity contribution in [3.05, 3.63) is 0 Å². The lowest BCUT2D eigenvalue weighted by Crippen LogP contribution is -2.73. The molecule has 8 atom stereocenters. The lowest BCUT2D eigenvalue weighted by molar-refractivity contribution is -0.386. The molecule has 3 heterocycles. The minimum absolute atomic E-state index is 0.0316. The van der Waals surface area contributed by atoms with Gasteiger partial charge in [-0.05, 0) is 44.4 Å². The standard InChI is InChI=1S/C18H26O5/c1-16-14-13(23-15(16)20)8-10-11(4-3-5-12(10)19)17(14)6-7-18(16,21-2)22-9-17/h10-14,19H,3-9H2,1-2H3. The molecule has 0 aromatic heterocycles. The zero-order valence-electron chi connectivity index (χ0n) is 13.9. The monoisotopic (exact) mass is 322 g/mol. The number of rotatable bonds is 1. The molecule has 3 aliphatic heterocycles. The van der Waals surface area contributed by atoms with Gasteiger partial charge in [0.1, 0.15) is 11.5 Å². The van der Waals surface area contributed by atoms with Gasteiger partial charge in [0.2, 0.25) is 0 Å². The predicted octanol–water partition coefficient (Wildman–Crippen LogP) is 1.87. The highest BCUT2D eigenvalue weighted by molar-refractivity contribution is 5.81. The number of carbonyl (C=O) groups excluding carboxylic acids is 1. The van der Waals surface area contributed by atoms with E-state index in [9.17, 15) is 9.90 Å². The second kappa shape index (κ2) is 4.30. The Labute approximate surface area is 136 Å². The first kappa shape index (κ1) is 14.7. The SMILES string of the molecule is COC12CCC3(CO1)C1CCCC(O)C1CC1OC(=O)C2(C)C13. The summed E-state index contributed by atoms with van der Waals surface area (Å²) in [5.74, 6) is -0.137. The van der Waals surface area contributed by atoms with Gasteiger partial charge in [-0.1, -0.05) is 6.42 Å². The topological polar surface area (TPSA) is 65.0 Å². The van der Waals surface area contributed by atoms with Crippen LogP contribution in [0.25, 0.3) is 0 Å². The van der Waals surface area contributed by atoms with Crippen molar-refractivity contribution in [2.45, 2.75) is 63.4 Å². The van der Waals surface area contributed by atoms with E-state index >= 15 is 0 Å². The third-order valence-electron chi connectivity index (χ3n) is 8.18. The van der Waals surface area contributed by atoms with E-state index in [1.807, 2.05) is 6.92 Å². The Morgan fingerprint density at radius 3 is 2.83 bits per heavy atom. The lowest BCUT2D eigenvalue weighted by atomic mass is 9.41. The number of aliphatic hydroxyl groups excluding tert-OH is 1. The first-order chi connectivity index (χ1) is 11.0. The summed E-state index contributed by atoms with van der Waals surface area (Å²) in [6, 6.07) is 0. The van der Waals surface area contributed by atoms with Crippen molar-refractivity contribution in [2.24, 2.45) is 28.6 Å². The van der Waals surface area contributed by atoms with Crippen LogP contribution in [-0.2, 0) is 19.0 Å². The third kappa shape index (κ3) is 1.41. The Morgan fingerprint density at radius 2 is 2.13 bits per heavy atom. The van der Waals surface area contributed by atoms with Gasteiger partial charge < -0.3 is 19.3 Å². The molecule has 3 saturated heterocycles. The minimum Gasteiger partial charge on any atom is -0.461 e. The summed E-state index contributed by atoms with van der Waals surface area (Å²) in [5, 5.41) is 10.6. The summed E-state index contributed by atoms with van der Waals surface area (Å²) in [7, 11) is 1.65. The molecule has 5 nitrogen and oxygen atoms in total. The molecular weight excluding hydrogens is 296 g/mol. The third-order valence-corrected chi connectivity index (χ3v) is 8.18. The number of ether oxygens (including phenoxy) is 3. The molecule has 2 bridgehead atoms. The Hall–Kier alpha value is -0.650. The molecule has 1 spiro atoms. The molecule has 0 aromatic rings. The van der Waals surface area contributed by atoms with Crippen LogP contribution in [0.3, 0.4) is 0 Å². The van der Waals surface area contributed by atoms with Crippen LogP contribution in [0.2, 0.25) is 0 Å². The number of carbonyl (C=O) groups is 1. The number of fused-ring (bicyclic) bond motifs is 3. The van der Waals surface area contributed by atoms with E-state index < -0.39 is 11.2 Å². The normalized spacial score (nSPS) is 60.1. The van der Waals surface area contributed by atoms with Gasteiger partial charge in [0, 0.05) is 24.9 Å². The zero-order chi connectivity index (χ0) is 16.0. The Kier molecular flexibility index (Phi) is 2.74. The maximum atomic E-state index is 12.9. The maximum Gasteiger partial charge on any atom is 0.318 e. The Morgan fingerprint density at radius 1 is 1.30 bits per heavy atom. The molecule has 1 N–H and O–H groups in total. The number of aliphatic hydroxyl groups is 1. The van der Waals surface area contributed by atoms with E-state index in [4.69, 9.17) is 14.2 Å². The second-order valence-corrected chi connectivity index (χ2v) is 8.61. The van der Waals surface area contributed by atoms with E-state index in [-0.39, 0.29) is 35.4 Å². The largest absolute Gasteiger partial charge is 0.461 e. The summed E-state index contributed by atoms with van der Waals surface area (Å²) >= 11 is 0. The first-order valence-electron chi connectivity index (χ1n) is 9.07. The predicted molar refractivity (Wildman–Crippen MR) is 80.3 cm³/mol. The van der Waals surface area contributed by atoms with Crippen LogP contribution in [-0.4, -0.2) is 42.8 Å². The van der Waals surface area contributed by atoms with Gasteiger partial charge in [-0.2, -0.15) is 0 Å². The van der Waals surface area contributed by atoms with E-state index in [1.165, 1.54) is 0 Å². The summed E-state index contributed by atoms with van der Waals surface area (Å²) in [5.41, 5.74) is -0.744. The van der Waals surface area contributed by atoms with Crippen molar-refractivity contribution in [2.75, 3.05) is 13.7 Å². The van der Waals surface area contributed by atoms with Gasteiger partial charge in [0.25, 0.3) is 0 Å². The molecule has 6 aliphatic rings. The fourth-order valence-corrected chi connectivity index (χ4v) is 7.24. The molecule has 0 radical (unpaired) electrons. The highest BCUT2D eigenvalue weighted by atomic mass is 16.7. The molecule has 3 aliphatic carbocycles. The molecular formula is C18H26O5. The Balaban J connectivity index is 1.67. The molecule has 3 saturated carbocycles. The van der Waals surface area contributed by atoms with Crippen LogP contribution in [0.15, 0.2) is 0 Å². The first-order valence-corrected chi connectivity index (χ1v) is 9.07. The van der Waals surface area contributed by atoms with Crippen LogP contribution in [0.4, 0.5) is 0 Å². The quantitative estimate of drug-likeness (QED) is 0.747. The molecule has 8 unspecified atom stereocenters. The summed E-state index contributed by atoms with van der Waals surface area (Å²) in [6.07, 6.45) is 5.31. The van der Waals surface area contributed by atoms with Gasteiger partial charge in [-0.3, -0.25) is 4.79 Å². The molecule has 5 heteroatoms. The molecule has 6 fully saturated rings. The van der Waals surface area contributed by atoms with Crippen molar-refractivity contribution < 1.29 is 24.1 Å². The van der Waals surface area contributed by atoms with Crippen molar-refractivity contribution in [3.8, 4) is 0 Å². The van der Waals surface area contributed by atoms with Crippen LogP contribution in [0.5, 0.6) is 0 Å². The second-order valence-electron chi connectivity index (χ2n) is 8.61. The van der Waals surface area contributed by atoms with Crippen LogP contribution in [0.1, 0.15) is 45.4 Å². The summed E-state index contributed by atoms with van der Waals surface area (Å²) < 4.78 is 17.9. The smallest absolute Gasteiger partial charge is 0.318 e. The van der Waals surface area contributed by atoms with Crippen molar-refractivity contribution in [1.29, 1.82) is 0 Å². The maximum absolute atomic E-state index is 12.9. The molecule has 6 rings (SSSR count). The van der Waals surface area contributed by atoms with Crippen LogP contribution >= 0.6 is 0 Å². The fraction of sp³-hybridized carbons (Fsp3) is 0.944. The molecule has 128 valence electrons. The molecule has 0 aromatic carbocycles. The average molecular weight is 322 g/mol. The highest BCUT2D eigenvalue weighted by Gasteiger charge is 2.80. The van der Waals surface area contributed by atoms with Crippen LogP contribution in [0, 0.1) is 28.6 Å². The van der Waals surface area contributed by atoms with E-state index in [0.29, 0.717) is 12.5 Å². The van der Waals surface area contributed by atoms with Gasteiger partial charge in [-0.25, -0.2) is 0 Å². The average Bonchev–Trinajstić information content (AvgIpc) is 2.83. The van der Waals surface area contributed by atoms with Gasteiger partial charge in [-0.15, -0.1) is 0 Å². The van der Waals surface area contributed by atoms with Gasteiger partial charge in [0.15, 0.2) is 5.79 Å². The van der Waals surface area contributed by atoms with E-state index in [1.54, 1.807) is 7.11 Å². The van der Waals surface area contributed by atoms with Gasteiger partial charge >= 0.3 is 5.97 Å². The summed E-state index contributed by atoms with van der Waals surface area (Å²) in [6.45, 7) is 2.64. The number of hydrogen-bond donors (Lipinski definition) is 1. The fourth-order valence-electron chi connectivity index (χ4n) is 7.24. The number of methoxy groups -OCH3 is 1. The van der Waals surface area contributed by atoms with E-state index in [2.05, 4.69) is 0 Å². The Bertz CT molecular complexity index is 552. The van der Waals surface area contributed by atoms with Gasteiger partial charge in [0.05, 0.1) is 12.7 Å². The number of esters is 1. The van der Waals surface area contributed by atoms with Crippen LogP contribution < -0.4 is 0 Å². The number of hydrogen-bond acceptors (Lipinski definition) is 5. The van der Waals surface area contributed by atoms with E-state index in [0.717, 1.165) is 38.5 Å². The lowest BCUT2D eigenvalue weighted by Gasteiger charge is -2.68. The van der Waals surface area contributed by atoms with Crippen molar-refractivity contribution >= 4 is 5.97 Å². The summed E-state index contributed by atoms with van der Waals surface area (Å²) in [4.78, 5) is 12.9. The minimum atomic E-state index is -0.828. The zero-order valence-corrected chi connectivity index (χ0v) is 13.9. The molecule has 23 heavy (non-hydrogen) atoms. The van der Waals surface area contributed by atoms with Crippen molar-refractivity contribution in [1.82, 2.24) is 0 Å².